The number of rotatable bonds is 6. The number of carboxylic acids is 1. The van der Waals surface area contributed by atoms with Gasteiger partial charge in [0.05, 0.1) is 12.0 Å². The average Bonchev–Trinajstić information content (AvgIpc) is 2.36. The molecule has 0 aliphatic carbocycles. The third-order valence-corrected chi connectivity index (χ3v) is 2.87. The molecular formula is C15H18F3NO3. The number of hydrogen-bond acceptors (Lipinski definition) is 2. The Labute approximate surface area is 126 Å². The van der Waals surface area contributed by atoms with Crippen molar-refractivity contribution in [1.29, 1.82) is 0 Å². The third kappa shape index (κ3) is 5.75. The maximum Gasteiger partial charge on any atom is 0.416 e. The summed E-state index contributed by atoms with van der Waals surface area (Å²) in [4.78, 5) is 24.1. The van der Waals surface area contributed by atoms with Crippen molar-refractivity contribution in [2.24, 2.45) is 5.92 Å². The Morgan fingerprint density at radius 2 is 1.91 bits per heavy atom. The maximum absolute atomic E-state index is 12.6. The molecule has 1 amide bonds. The highest BCUT2D eigenvalue weighted by Gasteiger charge is 2.30. The van der Waals surface area contributed by atoms with Crippen molar-refractivity contribution in [3.8, 4) is 0 Å². The van der Waals surface area contributed by atoms with Crippen LogP contribution in [-0.2, 0) is 22.2 Å². The molecule has 4 nitrogen and oxygen atoms in total. The number of carbonyl (C=O) groups excluding carboxylic acids is 1. The molecule has 0 bridgehead atoms. The van der Waals surface area contributed by atoms with Crippen molar-refractivity contribution < 1.29 is 27.9 Å². The molecule has 0 saturated carbocycles. The SMILES string of the molecule is CC(C)CN(CC(=O)O)C(=O)Cc1cccc(C(F)(F)F)c1. The first-order chi connectivity index (χ1) is 10.1. The van der Waals surface area contributed by atoms with E-state index in [1.807, 2.05) is 13.8 Å². The summed E-state index contributed by atoms with van der Waals surface area (Å²) in [5.74, 6) is -1.60. The molecule has 1 aromatic rings. The summed E-state index contributed by atoms with van der Waals surface area (Å²) in [6.45, 7) is 3.43. The number of nitrogens with zero attached hydrogens (tertiary/aromatic N) is 1. The van der Waals surface area contributed by atoms with Gasteiger partial charge in [-0.25, -0.2) is 0 Å². The van der Waals surface area contributed by atoms with E-state index in [4.69, 9.17) is 5.11 Å². The van der Waals surface area contributed by atoms with Gasteiger partial charge in [-0.1, -0.05) is 32.0 Å². The van der Waals surface area contributed by atoms with Crippen LogP contribution < -0.4 is 0 Å². The molecule has 0 unspecified atom stereocenters. The van der Waals surface area contributed by atoms with E-state index in [0.29, 0.717) is 0 Å². The van der Waals surface area contributed by atoms with Crippen LogP contribution in [0, 0.1) is 5.92 Å². The fourth-order valence-corrected chi connectivity index (χ4v) is 2.00. The van der Waals surface area contributed by atoms with Gasteiger partial charge in [0.25, 0.3) is 0 Å². The summed E-state index contributed by atoms with van der Waals surface area (Å²) in [5.41, 5.74) is -0.620. The number of aliphatic carboxylic acids is 1. The first-order valence-corrected chi connectivity index (χ1v) is 6.75. The highest BCUT2D eigenvalue weighted by atomic mass is 19.4. The van der Waals surface area contributed by atoms with E-state index in [0.717, 1.165) is 17.0 Å². The molecule has 22 heavy (non-hydrogen) atoms. The fourth-order valence-electron chi connectivity index (χ4n) is 2.00. The van der Waals surface area contributed by atoms with E-state index >= 15 is 0 Å². The second-order valence-electron chi connectivity index (χ2n) is 5.44. The van der Waals surface area contributed by atoms with Crippen LogP contribution in [0.1, 0.15) is 25.0 Å². The molecule has 1 N–H and O–H groups in total. The van der Waals surface area contributed by atoms with Crippen molar-refractivity contribution >= 4 is 11.9 Å². The van der Waals surface area contributed by atoms with E-state index < -0.39 is 30.2 Å². The zero-order chi connectivity index (χ0) is 16.9. The second kappa shape index (κ2) is 7.29. The van der Waals surface area contributed by atoms with Crippen molar-refractivity contribution in [2.75, 3.05) is 13.1 Å². The maximum atomic E-state index is 12.6. The Balaban J connectivity index is 2.87. The predicted molar refractivity (Wildman–Crippen MR) is 74.2 cm³/mol. The van der Waals surface area contributed by atoms with Crippen LogP contribution in [0.5, 0.6) is 0 Å². The Morgan fingerprint density at radius 3 is 2.41 bits per heavy atom. The molecule has 0 fully saturated rings. The minimum absolute atomic E-state index is 0.0600. The second-order valence-corrected chi connectivity index (χ2v) is 5.44. The lowest BCUT2D eigenvalue weighted by Crippen LogP contribution is -2.39. The van der Waals surface area contributed by atoms with Crippen LogP contribution >= 0.6 is 0 Å². The van der Waals surface area contributed by atoms with Gasteiger partial charge in [0.2, 0.25) is 5.91 Å². The van der Waals surface area contributed by atoms with Crippen LogP contribution in [0.15, 0.2) is 24.3 Å². The van der Waals surface area contributed by atoms with E-state index in [1.54, 1.807) is 0 Å². The minimum atomic E-state index is -4.47. The van der Waals surface area contributed by atoms with Gasteiger partial charge in [-0.2, -0.15) is 13.2 Å². The highest BCUT2D eigenvalue weighted by molar-refractivity contribution is 5.83. The first-order valence-electron chi connectivity index (χ1n) is 6.75. The first kappa shape index (κ1) is 18.0. The minimum Gasteiger partial charge on any atom is -0.480 e. The molecule has 0 aliphatic heterocycles. The lowest BCUT2D eigenvalue weighted by atomic mass is 10.1. The molecule has 0 heterocycles. The number of halogens is 3. The van der Waals surface area contributed by atoms with Crippen LogP contribution in [0.25, 0.3) is 0 Å². The van der Waals surface area contributed by atoms with E-state index in [1.165, 1.54) is 12.1 Å². The summed E-state index contributed by atoms with van der Waals surface area (Å²) in [6.07, 6.45) is -4.73. The fraction of sp³-hybridized carbons (Fsp3) is 0.467. The monoisotopic (exact) mass is 317 g/mol. The number of hydrogen-bond donors (Lipinski definition) is 1. The molecule has 0 aliphatic rings. The van der Waals surface area contributed by atoms with Gasteiger partial charge in [0.1, 0.15) is 6.54 Å². The lowest BCUT2D eigenvalue weighted by Gasteiger charge is -2.23. The summed E-state index contributed by atoms with van der Waals surface area (Å²) in [5, 5.41) is 8.82. The summed E-state index contributed by atoms with van der Waals surface area (Å²) in [6, 6.07) is 4.49. The Bertz CT molecular complexity index is 541. The number of alkyl halides is 3. The smallest absolute Gasteiger partial charge is 0.416 e. The Morgan fingerprint density at radius 1 is 1.27 bits per heavy atom. The van der Waals surface area contributed by atoms with Crippen LogP contribution in [0.3, 0.4) is 0 Å². The van der Waals surface area contributed by atoms with Crippen LogP contribution in [0.4, 0.5) is 13.2 Å². The molecule has 0 aromatic heterocycles. The summed E-state index contributed by atoms with van der Waals surface area (Å²) < 4.78 is 37.9. The van der Waals surface area contributed by atoms with Gasteiger partial charge in [-0.3, -0.25) is 9.59 Å². The van der Waals surface area contributed by atoms with Crippen molar-refractivity contribution in [2.45, 2.75) is 26.4 Å². The van der Waals surface area contributed by atoms with Crippen LogP contribution in [0.2, 0.25) is 0 Å². The van der Waals surface area contributed by atoms with E-state index in [2.05, 4.69) is 0 Å². The molecular weight excluding hydrogens is 299 g/mol. The predicted octanol–water partition coefficient (Wildman–Crippen LogP) is 2.82. The van der Waals surface area contributed by atoms with E-state index in [-0.39, 0.29) is 24.4 Å². The quantitative estimate of drug-likeness (QED) is 0.878. The lowest BCUT2D eigenvalue weighted by molar-refractivity contribution is -0.144. The third-order valence-electron chi connectivity index (χ3n) is 2.87. The molecule has 1 rings (SSSR count). The Hall–Kier alpha value is -2.05. The average molecular weight is 317 g/mol. The molecule has 0 saturated heterocycles. The summed E-state index contributed by atoms with van der Waals surface area (Å²) in [7, 11) is 0. The zero-order valence-corrected chi connectivity index (χ0v) is 12.4. The number of benzene rings is 1. The van der Waals surface area contributed by atoms with Crippen molar-refractivity contribution in [3.05, 3.63) is 35.4 Å². The Kier molecular flexibility index (Phi) is 5.96. The van der Waals surface area contributed by atoms with Gasteiger partial charge < -0.3 is 10.0 Å². The van der Waals surface area contributed by atoms with E-state index in [9.17, 15) is 22.8 Å². The van der Waals surface area contributed by atoms with Gasteiger partial charge in [0.15, 0.2) is 0 Å². The number of carboxylic acid groups (broad SMARTS) is 1. The topological polar surface area (TPSA) is 57.6 Å². The number of amides is 1. The zero-order valence-electron chi connectivity index (χ0n) is 12.4. The molecule has 0 spiro atoms. The normalized spacial score (nSPS) is 11.5. The molecule has 1 aromatic carbocycles. The van der Waals surface area contributed by atoms with Gasteiger partial charge in [0, 0.05) is 6.54 Å². The van der Waals surface area contributed by atoms with Gasteiger partial charge in [-0.15, -0.1) is 0 Å². The van der Waals surface area contributed by atoms with Gasteiger partial charge >= 0.3 is 12.1 Å². The molecule has 0 radical (unpaired) electrons. The van der Waals surface area contributed by atoms with Crippen molar-refractivity contribution in [1.82, 2.24) is 4.90 Å². The van der Waals surface area contributed by atoms with Crippen LogP contribution in [-0.4, -0.2) is 35.0 Å². The standard InChI is InChI=1S/C15H18F3NO3/c1-10(2)8-19(9-14(21)22)13(20)7-11-4-3-5-12(6-11)15(16,17)18/h3-6,10H,7-9H2,1-2H3,(H,21,22). The molecule has 0 atom stereocenters. The van der Waals surface area contributed by atoms with Crippen molar-refractivity contribution in [3.63, 3.8) is 0 Å². The van der Waals surface area contributed by atoms with Gasteiger partial charge in [-0.05, 0) is 17.5 Å². The largest absolute Gasteiger partial charge is 0.480 e. The number of carbonyl (C=O) groups is 2. The highest BCUT2D eigenvalue weighted by Crippen LogP contribution is 2.29. The summed E-state index contributed by atoms with van der Waals surface area (Å²) >= 11 is 0. The molecule has 122 valence electrons. The molecule has 7 heteroatoms.